The highest BCUT2D eigenvalue weighted by Crippen LogP contribution is 2.23. The van der Waals surface area contributed by atoms with Gasteiger partial charge in [-0.1, -0.05) is 18.2 Å². The van der Waals surface area contributed by atoms with Crippen molar-refractivity contribution in [3.63, 3.8) is 0 Å². The quantitative estimate of drug-likeness (QED) is 0.575. The van der Waals surface area contributed by atoms with Crippen LogP contribution in [-0.2, 0) is 27.9 Å². The van der Waals surface area contributed by atoms with Crippen LogP contribution < -0.4 is 15.7 Å². The van der Waals surface area contributed by atoms with Crippen molar-refractivity contribution in [1.29, 1.82) is 0 Å². The van der Waals surface area contributed by atoms with Gasteiger partial charge in [-0.05, 0) is 50.1 Å². The van der Waals surface area contributed by atoms with E-state index in [1.165, 1.54) is 12.1 Å². The summed E-state index contributed by atoms with van der Waals surface area (Å²) in [5.41, 5.74) is 1.88. The van der Waals surface area contributed by atoms with Crippen molar-refractivity contribution < 1.29 is 13.2 Å². The summed E-state index contributed by atoms with van der Waals surface area (Å²) in [5, 5.41) is 2.73. The number of aromatic nitrogens is 2. The third kappa shape index (κ3) is 4.17. The first-order valence-corrected chi connectivity index (χ1v) is 11.5. The van der Waals surface area contributed by atoms with Crippen molar-refractivity contribution in [3.05, 3.63) is 59.0 Å². The van der Waals surface area contributed by atoms with Crippen molar-refractivity contribution in [2.45, 2.75) is 50.2 Å². The number of nitrogens with zero attached hydrogens (tertiary/aromatic N) is 2. The molecule has 1 fully saturated rings. The molecule has 0 atom stereocenters. The number of hydrogen-bond acceptors (Lipinski definition) is 4. The van der Waals surface area contributed by atoms with Crippen LogP contribution in [0.2, 0.25) is 0 Å². The van der Waals surface area contributed by atoms with Crippen LogP contribution in [-0.4, -0.2) is 29.5 Å². The molecule has 1 aliphatic carbocycles. The zero-order valence-corrected chi connectivity index (χ0v) is 17.5. The summed E-state index contributed by atoms with van der Waals surface area (Å²) >= 11 is 0. The molecule has 9 heteroatoms. The molecule has 8 nitrogen and oxygen atoms in total. The fraction of sp³-hybridized carbons (Fsp3) is 0.333. The Hall–Kier alpha value is -2.91. The number of carbonyl (C=O) groups excluding carboxylic acids is 1. The average Bonchev–Trinajstić information content (AvgIpc) is 3.48. The first kappa shape index (κ1) is 20.4. The molecule has 1 aliphatic rings. The number of fused-ring (bicyclic) bond motifs is 1. The second-order valence-electron chi connectivity index (χ2n) is 7.39. The summed E-state index contributed by atoms with van der Waals surface area (Å²) in [7, 11) is -3.59. The Morgan fingerprint density at radius 1 is 1.07 bits per heavy atom. The second kappa shape index (κ2) is 8.08. The van der Waals surface area contributed by atoms with Crippen LogP contribution in [0.4, 0.5) is 5.69 Å². The molecule has 1 amide bonds. The van der Waals surface area contributed by atoms with Gasteiger partial charge in [-0.25, -0.2) is 17.9 Å². The van der Waals surface area contributed by atoms with Gasteiger partial charge in [0.2, 0.25) is 15.9 Å². The van der Waals surface area contributed by atoms with E-state index >= 15 is 0 Å². The highest BCUT2D eigenvalue weighted by Gasteiger charge is 2.28. The number of para-hydroxylation sites is 2. The predicted octanol–water partition coefficient (Wildman–Crippen LogP) is 2.29. The molecule has 0 radical (unpaired) electrons. The summed E-state index contributed by atoms with van der Waals surface area (Å²) in [4.78, 5) is 25.2. The molecule has 0 aliphatic heterocycles. The van der Waals surface area contributed by atoms with E-state index in [2.05, 4.69) is 10.0 Å². The van der Waals surface area contributed by atoms with Gasteiger partial charge < -0.3 is 5.32 Å². The predicted molar refractivity (Wildman–Crippen MR) is 115 cm³/mol. The lowest BCUT2D eigenvalue weighted by Crippen LogP contribution is -2.26. The molecule has 0 bridgehead atoms. The van der Waals surface area contributed by atoms with Crippen molar-refractivity contribution >= 4 is 32.7 Å². The molecule has 0 unspecified atom stereocenters. The topological polar surface area (TPSA) is 102 Å². The van der Waals surface area contributed by atoms with Crippen molar-refractivity contribution in [2.75, 3.05) is 5.32 Å². The van der Waals surface area contributed by atoms with Crippen LogP contribution in [0.15, 0.2) is 58.2 Å². The third-order valence-electron chi connectivity index (χ3n) is 5.13. The summed E-state index contributed by atoms with van der Waals surface area (Å²) in [6, 6.07) is 13.7. The Morgan fingerprint density at radius 3 is 2.43 bits per heavy atom. The third-order valence-corrected chi connectivity index (χ3v) is 6.65. The van der Waals surface area contributed by atoms with E-state index in [-0.39, 0.29) is 35.5 Å². The first-order valence-electron chi connectivity index (χ1n) is 9.99. The van der Waals surface area contributed by atoms with Gasteiger partial charge in [0, 0.05) is 31.2 Å². The molecular formula is C21H24N4O4S. The molecule has 1 heterocycles. The number of benzene rings is 2. The average molecular weight is 429 g/mol. The number of rotatable bonds is 8. The molecule has 3 aromatic rings. The largest absolute Gasteiger partial charge is 0.329 e. The van der Waals surface area contributed by atoms with E-state index in [1.807, 2.05) is 31.2 Å². The first-order chi connectivity index (χ1) is 14.4. The number of imidazole rings is 1. The Kier molecular flexibility index (Phi) is 5.48. The van der Waals surface area contributed by atoms with Gasteiger partial charge in [-0.15, -0.1) is 0 Å². The smallest absolute Gasteiger partial charge is 0.326 e. The zero-order valence-electron chi connectivity index (χ0n) is 16.7. The van der Waals surface area contributed by atoms with E-state index < -0.39 is 10.0 Å². The molecule has 0 spiro atoms. The molecule has 0 saturated heterocycles. The zero-order chi connectivity index (χ0) is 21.3. The van der Waals surface area contributed by atoms with Crippen molar-refractivity contribution in [3.8, 4) is 0 Å². The summed E-state index contributed by atoms with van der Waals surface area (Å²) < 4.78 is 30.6. The summed E-state index contributed by atoms with van der Waals surface area (Å²) in [5.74, 6) is -0.292. The Bertz CT molecular complexity index is 1260. The van der Waals surface area contributed by atoms with E-state index in [4.69, 9.17) is 0 Å². The molecule has 30 heavy (non-hydrogen) atoms. The fourth-order valence-electron chi connectivity index (χ4n) is 3.46. The van der Waals surface area contributed by atoms with Gasteiger partial charge in [0.05, 0.1) is 15.9 Å². The number of aryl methyl sites for hydroxylation is 2. The minimum Gasteiger partial charge on any atom is -0.326 e. The molecular weight excluding hydrogens is 404 g/mol. The standard InChI is InChI=1S/C21H24N4O4S/c1-2-24-18-8-3-4-9-19(18)25(21(24)27)13-12-20(26)22-16-6-5-7-17(14-16)30(28,29)23-15-10-11-15/h3-9,14-15,23H,2,10-13H2,1H3,(H,22,26). The molecule has 1 aromatic heterocycles. The second-order valence-corrected chi connectivity index (χ2v) is 9.10. The summed E-state index contributed by atoms with van der Waals surface area (Å²) in [6.07, 6.45) is 1.79. The van der Waals surface area contributed by atoms with Gasteiger partial charge in [0.1, 0.15) is 0 Å². The number of anilines is 1. The summed E-state index contributed by atoms with van der Waals surface area (Å²) in [6.45, 7) is 2.69. The maximum atomic E-state index is 12.7. The van der Waals surface area contributed by atoms with Gasteiger partial charge in [-0.3, -0.25) is 13.9 Å². The van der Waals surface area contributed by atoms with Crippen LogP contribution in [0.25, 0.3) is 11.0 Å². The lowest BCUT2D eigenvalue weighted by Gasteiger charge is -2.09. The van der Waals surface area contributed by atoms with Crippen LogP contribution in [0.3, 0.4) is 0 Å². The van der Waals surface area contributed by atoms with Gasteiger partial charge in [0.15, 0.2) is 0 Å². The van der Waals surface area contributed by atoms with E-state index in [1.54, 1.807) is 21.3 Å². The minimum atomic E-state index is -3.59. The lowest BCUT2D eigenvalue weighted by atomic mass is 10.3. The van der Waals surface area contributed by atoms with Gasteiger partial charge in [-0.2, -0.15) is 0 Å². The normalized spacial score (nSPS) is 14.2. The van der Waals surface area contributed by atoms with Crippen LogP contribution in [0.1, 0.15) is 26.2 Å². The van der Waals surface area contributed by atoms with Crippen LogP contribution in [0, 0.1) is 0 Å². The number of hydrogen-bond donors (Lipinski definition) is 2. The molecule has 158 valence electrons. The maximum absolute atomic E-state index is 12.7. The Morgan fingerprint density at radius 2 is 1.77 bits per heavy atom. The van der Waals surface area contributed by atoms with Crippen LogP contribution in [0.5, 0.6) is 0 Å². The monoisotopic (exact) mass is 428 g/mol. The van der Waals surface area contributed by atoms with Gasteiger partial charge in [0.25, 0.3) is 0 Å². The highest BCUT2D eigenvalue weighted by molar-refractivity contribution is 7.89. The van der Waals surface area contributed by atoms with E-state index in [9.17, 15) is 18.0 Å². The van der Waals surface area contributed by atoms with E-state index in [0.29, 0.717) is 12.2 Å². The SMILES string of the molecule is CCn1c(=O)n(CCC(=O)Nc2cccc(S(=O)(=O)NC3CC3)c2)c2ccccc21. The molecule has 4 rings (SSSR count). The van der Waals surface area contributed by atoms with E-state index in [0.717, 1.165) is 23.9 Å². The minimum absolute atomic E-state index is 0.0109. The Balaban J connectivity index is 1.46. The molecule has 2 N–H and O–H groups in total. The Labute approximate surface area is 174 Å². The van der Waals surface area contributed by atoms with Crippen LogP contribution >= 0.6 is 0 Å². The number of carbonyl (C=O) groups is 1. The maximum Gasteiger partial charge on any atom is 0.329 e. The molecule has 1 saturated carbocycles. The molecule has 2 aromatic carbocycles. The fourth-order valence-corrected chi connectivity index (χ4v) is 4.81. The number of amides is 1. The lowest BCUT2D eigenvalue weighted by molar-refractivity contribution is -0.116. The van der Waals surface area contributed by atoms with Crippen molar-refractivity contribution in [1.82, 2.24) is 13.9 Å². The van der Waals surface area contributed by atoms with Gasteiger partial charge >= 0.3 is 5.69 Å². The number of nitrogens with one attached hydrogen (secondary N) is 2. The highest BCUT2D eigenvalue weighted by atomic mass is 32.2. The van der Waals surface area contributed by atoms with Crippen molar-refractivity contribution in [2.24, 2.45) is 0 Å². The number of sulfonamides is 1.